The topological polar surface area (TPSA) is 66.8 Å². The lowest BCUT2D eigenvalue weighted by atomic mass is 9.90. The summed E-state index contributed by atoms with van der Waals surface area (Å²) < 4.78 is 19.1. The lowest BCUT2D eigenvalue weighted by molar-refractivity contribution is -0.151. The van der Waals surface area contributed by atoms with Crippen molar-refractivity contribution in [3.05, 3.63) is 28.5 Å². The molecule has 1 saturated heterocycles. The molecule has 0 radical (unpaired) electrons. The van der Waals surface area contributed by atoms with Crippen molar-refractivity contribution < 1.29 is 23.8 Å². The number of benzene rings is 1. The van der Waals surface area contributed by atoms with Crippen molar-refractivity contribution in [3.8, 4) is 5.75 Å². The first-order valence-electron chi connectivity index (χ1n) is 7.46. The van der Waals surface area contributed by atoms with Gasteiger partial charge in [-0.25, -0.2) is 4.39 Å². The van der Waals surface area contributed by atoms with E-state index in [2.05, 4.69) is 15.9 Å². The monoisotopic (exact) mass is 387 g/mol. The van der Waals surface area contributed by atoms with Crippen LogP contribution in [0.25, 0.3) is 0 Å². The zero-order chi connectivity index (χ0) is 17.1. The summed E-state index contributed by atoms with van der Waals surface area (Å²) in [5.74, 6) is -1.74. The summed E-state index contributed by atoms with van der Waals surface area (Å²) in [6.07, 6.45) is 0.436. The first kappa shape index (κ1) is 17.7. The van der Waals surface area contributed by atoms with Crippen LogP contribution >= 0.6 is 15.9 Å². The van der Waals surface area contributed by atoms with Crippen LogP contribution in [0.2, 0.25) is 0 Å². The average molecular weight is 388 g/mol. The molecule has 1 fully saturated rings. The number of carboxylic acid groups (broad SMARTS) is 1. The maximum atomic E-state index is 13.1. The third-order valence-electron chi connectivity index (χ3n) is 4.13. The highest BCUT2D eigenvalue weighted by molar-refractivity contribution is 9.10. The quantitative estimate of drug-likeness (QED) is 0.861. The summed E-state index contributed by atoms with van der Waals surface area (Å²) in [6, 6.07) is 3.58. The third kappa shape index (κ3) is 4.02. The molecule has 3 atom stereocenters. The molecule has 0 spiro atoms. The van der Waals surface area contributed by atoms with Gasteiger partial charge >= 0.3 is 5.97 Å². The second-order valence-corrected chi connectivity index (χ2v) is 6.55. The number of amides is 1. The standard InChI is InChI=1S/C16H19BrFNO4/c1-9-12(16(21)22)4-3-7-19(9)15(20)10(2)23-14-6-5-11(18)8-13(14)17/h5-6,8-10,12H,3-4,7H2,1-2H3,(H,21,22)/t9-,10?,12-/m0/s1. The van der Waals surface area contributed by atoms with E-state index < -0.39 is 23.8 Å². The Morgan fingerprint density at radius 3 is 2.78 bits per heavy atom. The molecule has 5 nitrogen and oxygen atoms in total. The molecule has 1 heterocycles. The maximum Gasteiger partial charge on any atom is 0.308 e. The van der Waals surface area contributed by atoms with E-state index in [1.165, 1.54) is 18.2 Å². The molecule has 7 heteroatoms. The van der Waals surface area contributed by atoms with Crippen LogP contribution < -0.4 is 4.74 Å². The summed E-state index contributed by atoms with van der Waals surface area (Å²) in [7, 11) is 0. The molecule has 1 unspecified atom stereocenters. The normalized spacial score (nSPS) is 22.5. The third-order valence-corrected chi connectivity index (χ3v) is 4.75. The minimum Gasteiger partial charge on any atom is -0.481 e. The summed E-state index contributed by atoms with van der Waals surface area (Å²) >= 11 is 3.19. The smallest absolute Gasteiger partial charge is 0.308 e. The fourth-order valence-electron chi connectivity index (χ4n) is 2.83. The molecule has 0 bridgehead atoms. The van der Waals surface area contributed by atoms with Gasteiger partial charge < -0.3 is 14.7 Å². The van der Waals surface area contributed by atoms with Crippen molar-refractivity contribution in [1.29, 1.82) is 0 Å². The molecule has 0 aliphatic carbocycles. The van der Waals surface area contributed by atoms with Crippen molar-refractivity contribution in [2.45, 2.75) is 38.8 Å². The molecule has 1 aliphatic rings. The second-order valence-electron chi connectivity index (χ2n) is 5.69. The van der Waals surface area contributed by atoms with E-state index in [0.29, 0.717) is 29.6 Å². The minimum atomic E-state index is -0.884. The van der Waals surface area contributed by atoms with Gasteiger partial charge in [0.05, 0.1) is 10.4 Å². The number of hydrogen-bond acceptors (Lipinski definition) is 3. The predicted octanol–water partition coefficient (Wildman–Crippen LogP) is 3.07. The van der Waals surface area contributed by atoms with Gasteiger partial charge in [0.2, 0.25) is 0 Å². The number of halogens is 2. The second kappa shape index (κ2) is 7.29. The molecule has 2 rings (SSSR count). The summed E-state index contributed by atoms with van der Waals surface area (Å²) in [5.41, 5.74) is 0. The Hall–Kier alpha value is -1.63. The molecule has 126 valence electrons. The molecular weight excluding hydrogens is 369 g/mol. The number of likely N-dealkylation sites (tertiary alicyclic amines) is 1. The Bertz CT molecular complexity index is 610. The van der Waals surface area contributed by atoms with Gasteiger partial charge in [0.25, 0.3) is 5.91 Å². The van der Waals surface area contributed by atoms with Crippen molar-refractivity contribution in [2.75, 3.05) is 6.54 Å². The molecule has 1 aromatic rings. The number of piperidine rings is 1. The molecule has 1 aromatic carbocycles. The lowest BCUT2D eigenvalue weighted by Crippen LogP contribution is -2.52. The maximum absolute atomic E-state index is 13.1. The van der Waals surface area contributed by atoms with Gasteiger partial charge in [-0.3, -0.25) is 9.59 Å². The minimum absolute atomic E-state index is 0.264. The first-order valence-corrected chi connectivity index (χ1v) is 8.25. The van der Waals surface area contributed by atoms with Gasteiger partial charge in [-0.1, -0.05) is 0 Å². The fourth-order valence-corrected chi connectivity index (χ4v) is 3.27. The first-order chi connectivity index (χ1) is 10.8. The largest absolute Gasteiger partial charge is 0.481 e. The summed E-state index contributed by atoms with van der Waals surface area (Å²) in [5, 5.41) is 9.23. The molecule has 0 aromatic heterocycles. The number of carbonyl (C=O) groups is 2. The average Bonchev–Trinajstić information content (AvgIpc) is 2.49. The van der Waals surface area contributed by atoms with Gasteiger partial charge in [-0.05, 0) is 60.8 Å². The van der Waals surface area contributed by atoms with Crippen molar-refractivity contribution in [2.24, 2.45) is 5.92 Å². The Kier molecular flexibility index (Phi) is 5.62. The zero-order valence-corrected chi connectivity index (χ0v) is 14.5. The highest BCUT2D eigenvalue weighted by Crippen LogP contribution is 2.28. The van der Waals surface area contributed by atoms with Crippen LogP contribution in [0.3, 0.4) is 0 Å². The van der Waals surface area contributed by atoms with Crippen LogP contribution in [-0.2, 0) is 9.59 Å². The van der Waals surface area contributed by atoms with Crippen molar-refractivity contribution in [1.82, 2.24) is 4.90 Å². The van der Waals surface area contributed by atoms with Crippen molar-refractivity contribution >= 4 is 27.8 Å². The Labute approximate surface area is 142 Å². The zero-order valence-electron chi connectivity index (χ0n) is 13.0. The number of nitrogens with zero attached hydrogens (tertiary/aromatic N) is 1. The van der Waals surface area contributed by atoms with Crippen LogP contribution in [0.1, 0.15) is 26.7 Å². The van der Waals surface area contributed by atoms with E-state index in [9.17, 15) is 19.1 Å². The highest BCUT2D eigenvalue weighted by atomic mass is 79.9. The molecular formula is C16H19BrFNO4. The number of rotatable bonds is 4. The summed E-state index contributed by atoms with van der Waals surface area (Å²) in [6.45, 7) is 3.87. The molecule has 1 amide bonds. The van der Waals surface area contributed by atoms with Gasteiger partial charge in [0.1, 0.15) is 11.6 Å². The van der Waals surface area contributed by atoms with Gasteiger partial charge in [0, 0.05) is 12.6 Å². The van der Waals surface area contributed by atoms with Crippen LogP contribution in [0.5, 0.6) is 5.75 Å². The Balaban J connectivity index is 2.08. The van der Waals surface area contributed by atoms with Gasteiger partial charge in [-0.2, -0.15) is 0 Å². The van der Waals surface area contributed by atoms with E-state index in [0.717, 1.165) is 0 Å². The number of carboxylic acids is 1. The number of aliphatic carboxylic acids is 1. The van der Waals surface area contributed by atoms with E-state index >= 15 is 0 Å². The Morgan fingerprint density at radius 2 is 2.17 bits per heavy atom. The van der Waals surface area contributed by atoms with Crippen molar-refractivity contribution in [3.63, 3.8) is 0 Å². The Morgan fingerprint density at radius 1 is 1.48 bits per heavy atom. The molecule has 1 N–H and O–H groups in total. The number of carbonyl (C=O) groups excluding carboxylic acids is 1. The van der Waals surface area contributed by atoms with Crippen LogP contribution in [0.15, 0.2) is 22.7 Å². The molecule has 1 aliphatic heterocycles. The van der Waals surface area contributed by atoms with E-state index in [-0.39, 0.29) is 11.9 Å². The van der Waals surface area contributed by atoms with E-state index in [4.69, 9.17) is 4.74 Å². The molecule has 0 saturated carbocycles. The van der Waals surface area contributed by atoms with Gasteiger partial charge in [0.15, 0.2) is 6.10 Å². The van der Waals surface area contributed by atoms with Crippen LogP contribution in [0.4, 0.5) is 4.39 Å². The van der Waals surface area contributed by atoms with Crippen LogP contribution in [-0.4, -0.2) is 40.6 Å². The SMILES string of the molecule is CC(Oc1ccc(F)cc1Br)C(=O)N1CCC[C@H](C(=O)O)[C@@H]1C. The predicted molar refractivity (Wildman–Crippen MR) is 85.7 cm³/mol. The number of ether oxygens (including phenoxy) is 1. The highest BCUT2D eigenvalue weighted by Gasteiger charge is 2.37. The van der Waals surface area contributed by atoms with Gasteiger partial charge in [-0.15, -0.1) is 0 Å². The number of hydrogen-bond donors (Lipinski definition) is 1. The summed E-state index contributed by atoms with van der Waals surface area (Å²) in [4.78, 5) is 25.4. The van der Waals surface area contributed by atoms with E-state index in [1.807, 2.05) is 0 Å². The van der Waals surface area contributed by atoms with Crippen LogP contribution in [0, 0.1) is 11.7 Å². The van der Waals surface area contributed by atoms with E-state index in [1.54, 1.807) is 18.7 Å². The fraction of sp³-hybridized carbons (Fsp3) is 0.500. The lowest BCUT2D eigenvalue weighted by Gasteiger charge is -2.38. The molecule has 23 heavy (non-hydrogen) atoms.